The molecule has 0 aliphatic carbocycles. The third-order valence-corrected chi connectivity index (χ3v) is 3.78. The third kappa shape index (κ3) is 1.89. The second kappa shape index (κ2) is 4.98. The van der Waals surface area contributed by atoms with Gasteiger partial charge in [0.25, 0.3) is 11.8 Å². The number of carbonyl (C=O) groups is 3. The van der Waals surface area contributed by atoms with Crippen molar-refractivity contribution in [2.45, 2.75) is 0 Å². The number of hydrogen-bond donors (Lipinski definition) is 0. The molecule has 4 rings (SSSR count). The van der Waals surface area contributed by atoms with Gasteiger partial charge >= 0.3 is 5.97 Å². The summed E-state index contributed by atoms with van der Waals surface area (Å²) in [6.45, 7) is 0. The topological polar surface area (TPSA) is 94.4 Å². The molecule has 0 bridgehead atoms. The highest BCUT2D eigenvalue weighted by Gasteiger charge is 2.39. The minimum Gasteiger partial charge on any atom is -0.324 e. The number of fused-ring (bicyclic) bond motifs is 2. The Labute approximate surface area is 135 Å². The summed E-state index contributed by atoms with van der Waals surface area (Å²) in [6.07, 6.45) is 0. The van der Waals surface area contributed by atoms with Crippen molar-refractivity contribution >= 4 is 28.8 Å². The van der Waals surface area contributed by atoms with Crippen molar-refractivity contribution in [1.82, 2.24) is 20.1 Å². The maximum absolute atomic E-state index is 12.5. The van der Waals surface area contributed by atoms with Gasteiger partial charge in [0.2, 0.25) is 0 Å². The Kier molecular flexibility index (Phi) is 2.92. The Morgan fingerprint density at radius 1 is 1.00 bits per heavy atom. The number of amides is 2. The van der Waals surface area contributed by atoms with Crippen molar-refractivity contribution in [3.63, 3.8) is 0 Å². The van der Waals surface area contributed by atoms with Crippen molar-refractivity contribution in [2.24, 2.45) is 7.05 Å². The van der Waals surface area contributed by atoms with Crippen LogP contribution in [0.2, 0.25) is 0 Å². The van der Waals surface area contributed by atoms with E-state index in [1.807, 2.05) is 0 Å². The van der Waals surface area contributed by atoms with E-state index in [-0.39, 0.29) is 16.7 Å². The fourth-order valence-corrected chi connectivity index (χ4v) is 2.66. The molecule has 0 N–H and O–H groups in total. The third-order valence-electron chi connectivity index (χ3n) is 3.78. The van der Waals surface area contributed by atoms with E-state index in [2.05, 4.69) is 10.3 Å². The summed E-state index contributed by atoms with van der Waals surface area (Å²) in [4.78, 5) is 42.0. The molecular weight excluding hydrogens is 312 g/mol. The van der Waals surface area contributed by atoms with Crippen molar-refractivity contribution < 1.29 is 19.2 Å². The molecule has 8 heteroatoms. The van der Waals surface area contributed by atoms with Crippen LogP contribution in [0.5, 0.6) is 0 Å². The fraction of sp³-hybridized carbons (Fsp3) is 0.0625. The van der Waals surface area contributed by atoms with Crippen molar-refractivity contribution in [2.75, 3.05) is 0 Å². The number of nitrogens with zero attached hydrogens (tertiary/aromatic N) is 4. The Hall–Kier alpha value is -3.55. The van der Waals surface area contributed by atoms with Gasteiger partial charge in [0, 0.05) is 7.05 Å². The van der Waals surface area contributed by atoms with Gasteiger partial charge in [-0.25, -0.2) is 9.48 Å². The number of para-hydroxylation sites is 1. The summed E-state index contributed by atoms with van der Waals surface area (Å²) < 4.78 is 1.42. The van der Waals surface area contributed by atoms with Crippen LogP contribution in [0.15, 0.2) is 42.5 Å². The zero-order valence-electron chi connectivity index (χ0n) is 12.5. The SMILES string of the molecule is Cn1nnc2cccc(C(=O)ON3C(=O)c4ccccc4C3=O)c21. The molecule has 1 aliphatic heterocycles. The zero-order chi connectivity index (χ0) is 16.8. The monoisotopic (exact) mass is 322 g/mol. The molecular formula is C16H10N4O4. The maximum atomic E-state index is 12.5. The van der Waals surface area contributed by atoms with Gasteiger partial charge in [-0.15, -0.1) is 5.10 Å². The lowest BCUT2D eigenvalue weighted by atomic mass is 10.1. The predicted octanol–water partition coefficient (Wildman–Crippen LogP) is 1.34. The first-order chi connectivity index (χ1) is 11.6. The molecule has 0 fully saturated rings. The molecule has 118 valence electrons. The van der Waals surface area contributed by atoms with E-state index in [1.165, 1.54) is 22.9 Å². The Morgan fingerprint density at radius 2 is 1.67 bits per heavy atom. The van der Waals surface area contributed by atoms with Crippen LogP contribution in [-0.2, 0) is 11.9 Å². The molecule has 8 nitrogen and oxygen atoms in total. The number of aromatic nitrogens is 3. The number of hydrogen-bond acceptors (Lipinski definition) is 6. The molecule has 0 radical (unpaired) electrons. The van der Waals surface area contributed by atoms with Crippen LogP contribution in [0.4, 0.5) is 0 Å². The molecule has 1 aliphatic rings. The predicted molar refractivity (Wildman–Crippen MR) is 80.9 cm³/mol. The van der Waals surface area contributed by atoms with Crippen LogP contribution >= 0.6 is 0 Å². The molecule has 0 unspecified atom stereocenters. The minimum atomic E-state index is -0.833. The first-order valence-corrected chi connectivity index (χ1v) is 7.06. The quantitative estimate of drug-likeness (QED) is 0.661. The number of imide groups is 1. The van der Waals surface area contributed by atoms with Crippen LogP contribution in [0.25, 0.3) is 11.0 Å². The molecule has 2 heterocycles. The summed E-state index contributed by atoms with van der Waals surface area (Å²) in [6, 6.07) is 11.1. The van der Waals surface area contributed by atoms with Crippen molar-refractivity contribution in [1.29, 1.82) is 0 Å². The molecule has 3 aromatic rings. The molecule has 0 spiro atoms. The lowest BCUT2D eigenvalue weighted by molar-refractivity contribution is -0.0583. The van der Waals surface area contributed by atoms with Crippen LogP contribution in [-0.4, -0.2) is 37.8 Å². The van der Waals surface area contributed by atoms with Gasteiger partial charge in [0.05, 0.1) is 16.7 Å². The number of carbonyl (C=O) groups excluding carboxylic acids is 3. The molecule has 0 saturated carbocycles. The van der Waals surface area contributed by atoms with Gasteiger partial charge in [-0.3, -0.25) is 9.59 Å². The van der Waals surface area contributed by atoms with Crippen molar-refractivity contribution in [3.05, 3.63) is 59.2 Å². The number of hydroxylamine groups is 2. The summed E-state index contributed by atoms with van der Waals surface area (Å²) >= 11 is 0. The van der Waals surface area contributed by atoms with Gasteiger partial charge in [-0.05, 0) is 24.3 Å². The fourth-order valence-electron chi connectivity index (χ4n) is 2.66. The number of benzene rings is 2. The van der Waals surface area contributed by atoms with Crippen molar-refractivity contribution in [3.8, 4) is 0 Å². The number of aryl methyl sites for hydroxylation is 1. The van der Waals surface area contributed by atoms with Gasteiger partial charge in [-0.2, -0.15) is 0 Å². The van der Waals surface area contributed by atoms with E-state index < -0.39 is 17.8 Å². The summed E-state index contributed by atoms with van der Waals surface area (Å²) in [5.74, 6) is -2.17. The summed E-state index contributed by atoms with van der Waals surface area (Å²) in [7, 11) is 1.63. The highest BCUT2D eigenvalue weighted by molar-refractivity contribution is 6.21. The van der Waals surface area contributed by atoms with Crippen LogP contribution in [0.3, 0.4) is 0 Å². The van der Waals surface area contributed by atoms with Crippen LogP contribution in [0.1, 0.15) is 31.1 Å². The second-order valence-electron chi connectivity index (χ2n) is 5.22. The minimum absolute atomic E-state index is 0.163. The Bertz CT molecular complexity index is 989. The molecule has 2 amide bonds. The lowest BCUT2D eigenvalue weighted by Crippen LogP contribution is -2.32. The summed E-state index contributed by atoms with van der Waals surface area (Å²) in [5.41, 5.74) is 1.54. The summed E-state index contributed by atoms with van der Waals surface area (Å²) in [5, 5.41) is 8.24. The Morgan fingerprint density at radius 3 is 2.33 bits per heavy atom. The zero-order valence-corrected chi connectivity index (χ0v) is 12.5. The van der Waals surface area contributed by atoms with Gasteiger partial charge in [0.1, 0.15) is 11.0 Å². The average Bonchev–Trinajstić information content (AvgIpc) is 3.09. The van der Waals surface area contributed by atoms with E-state index in [1.54, 1.807) is 31.3 Å². The average molecular weight is 322 g/mol. The highest BCUT2D eigenvalue weighted by Crippen LogP contribution is 2.24. The Balaban J connectivity index is 1.69. The van der Waals surface area contributed by atoms with E-state index >= 15 is 0 Å². The van der Waals surface area contributed by atoms with Crippen LogP contribution < -0.4 is 0 Å². The van der Waals surface area contributed by atoms with E-state index in [9.17, 15) is 14.4 Å². The van der Waals surface area contributed by atoms with E-state index in [4.69, 9.17) is 4.84 Å². The molecule has 1 aromatic heterocycles. The molecule has 0 saturated heterocycles. The van der Waals surface area contributed by atoms with E-state index in [0.717, 1.165) is 0 Å². The molecule has 2 aromatic carbocycles. The smallest absolute Gasteiger partial charge is 0.324 e. The van der Waals surface area contributed by atoms with Gasteiger partial charge in [-0.1, -0.05) is 28.5 Å². The highest BCUT2D eigenvalue weighted by atomic mass is 16.7. The van der Waals surface area contributed by atoms with Crippen LogP contribution in [0, 0.1) is 0 Å². The first kappa shape index (κ1) is 14.1. The first-order valence-electron chi connectivity index (χ1n) is 7.06. The van der Waals surface area contributed by atoms with Gasteiger partial charge in [0.15, 0.2) is 0 Å². The maximum Gasteiger partial charge on any atom is 0.366 e. The molecule has 0 atom stereocenters. The number of rotatable bonds is 2. The standard InChI is InChI=1S/C16H10N4O4/c1-19-13-11(7-4-8-12(13)17-18-19)16(23)24-20-14(21)9-5-2-3-6-10(9)15(20)22/h2-8H,1H3. The largest absolute Gasteiger partial charge is 0.366 e. The normalized spacial score (nSPS) is 13.5. The second-order valence-corrected chi connectivity index (χ2v) is 5.22. The lowest BCUT2D eigenvalue weighted by Gasteiger charge is -2.13. The van der Waals surface area contributed by atoms with E-state index in [0.29, 0.717) is 16.1 Å². The van der Waals surface area contributed by atoms with Gasteiger partial charge < -0.3 is 4.84 Å². The molecule has 24 heavy (non-hydrogen) atoms.